The van der Waals surface area contributed by atoms with E-state index in [2.05, 4.69) is 31.9 Å². The molecule has 0 aliphatic rings. The fourth-order valence-corrected chi connectivity index (χ4v) is 2.85. The Morgan fingerprint density at radius 2 is 1.85 bits per heavy atom. The first-order chi connectivity index (χ1) is 9.60. The standard InChI is InChI=1S/C14H11Br2NO3/c15-8-11-7-13(5-6-14(11)16)20-9-10-1-3-12(4-2-10)17(18)19/h1-7H,8-9H2. The molecule has 20 heavy (non-hydrogen) atoms. The van der Waals surface area contributed by atoms with E-state index in [0.29, 0.717) is 6.61 Å². The summed E-state index contributed by atoms with van der Waals surface area (Å²) in [6.45, 7) is 0.376. The van der Waals surface area contributed by atoms with Crippen molar-refractivity contribution in [2.24, 2.45) is 0 Å². The fraction of sp³-hybridized carbons (Fsp3) is 0.143. The van der Waals surface area contributed by atoms with Crippen molar-refractivity contribution < 1.29 is 9.66 Å². The molecular formula is C14H11Br2NO3. The molecule has 0 radical (unpaired) electrons. The molecule has 0 N–H and O–H groups in total. The lowest BCUT2D eigenvalue weighted by molar-refractivity contribution is -0.384. The van der Waals surface area contributed by atoms with Gasteiger partial charge in [0.1, 0.15) is 12.4 Å². The highest BCUT2D eigenvalue weighted by atomic mass is 79.9. The molecule has 0 saturated heterocycles. The van der Waals surface area contributed by atoms with Gasteiger partial charge in [-0.1, -0.05) is 31.9 Å². The van der Waals surface area contributed by atoms with Crippen LogP contribution in [-0.2, 0) is 11.9 Å². The zero-order chi connectivity index (χ0) is 14.5. The fourth-order valence-electron chi connectivity index (χ4n) is 1.62. The van der Waals surface area contributed by atoms with Crippen LogP contribution in [0.2, 0.25) is 0 Å². The van der Waals surface area contributed by atoms with Gasteiger partial charge in [0.15, 0.2) is 0 Å². The lowest BCUT2D eigenvalue weighted by atomic mass is 10.2. The van der Waals surface area contributed by atoms with Crippen LogP contribution in [0.4, 0.5) is 5.69 Å². The number of non-ortho nitro benzene ring substituents is 1. The zero-order valence-corrected chi connectivity index (χ0v) is 13.6. The molecule has 0 aromatic heterocycles. The van der Waals surface area contributed by atoms with Crippen LogP contribution in [0.3, 0.4) is 0 Å². The molecule has 2 aromatic rings. The molecule has 2 rings (SSSR count). The maximum Gasteiger partial charge on any atom is 0.269 e. The molecule has 0 fully saturated rings. The number of nitrogens with zero attached hydrogens (tertiary/aromatic N) is 1. The quantitative estimate of drug-likeness (QED) is 0.410. The molecule has 2 aromatic carbocycles. The predicted octanol–water partition coefficient (Wildman–Crippen LogP) is 4.83. The molecule has 104 valence electrons. The third-order valence-electron chi connectivity index (χ3n) is 2.71. The number of hydrogen-bond acceptors (Lipinski definition) is 3. The van der Waals surface area contributed by atoms with E-state index in [1.165, 1.54) is 12.1 Å². The van der Waals surface area contributed by atoms with E-state index in [1.54, 1.807) is 12.1 Å². The molecule has 0 aliphatic heterocycles. The van der Waals surface area contributed by atoms with Crippen LogP contribution in [0.5, 0.6) is 5.75 Å². The maximum absolute atomic E-state index is 10.6. The minimum Gasteiger partial charge on any atom is -0.489 e. The van der Waals surface area contributed by atoms with Gasteiger partial charge in [0, 0.05) is 21.9 Å². The minimum absolute atomic E-state index is 0.0824. The van der Waals surface area contributed by atoms with Gasteiger partial charge in [-0.05, 0) is 41.5 Å². The number of hydrogen-bond donors (Lipinski definition) is 0. The summed E-state index contributed by atoms with van der Waals surface area (Å²) in [4.78, 5) is 10.1. The highest BCUT2D eigenvalue weighted by Gasteiger charge is 2.05. The first kappa shape index (κ1) is 15.0. The topological polar surface area (TPSA) is 52.4 Å². The molecule has 4 nitrogen and oxygen atoms in total. The van der Waals surface area contributed by atoms with Crippen LogP contribution < -0.4 is 4.74 Å². The van der Waals surface area contributed by atoms with Crippen LogP contribution in [0.15, 0.2) is 46.9 Å². The Morgan fingerprint density at radius 3 is 2.45 bits per heavy atom. The van der Waals surface area contributed by atoms with E-state index in [9.17, 15) is 10.1 Å². The van der Waals surface area contributed by atoms with E-state index in [-0.39, 0.29) is 5.69 Å². The Morgan fingerprint density at radius 1 is 1.15 bits per heavy atom. The summed E-state index contributed by atoms with van der Waals surface area (Å²) in [6, 6.07) is 12.1. The van der Waals surface area contributed by atoms with Crippen LogP contribution in [0.25, 0.3) is 0 Å². The monoisotopic (exact) mass is 399 g/mol. The molecule has 0 unspecified atom stereocenters. The second-order valence-corrected chi connectivity index (χ2v) is 5.51. The molecule has 0 amide bonds. The molecule has 0 atom stereocenters. The number of ether oxygens (including phenoxy) is 1. The Bertz CT molecular complexity index is 614. The lowest BCUT2D eigenvalue weighted by Crippen LogP contribution is -1.96. The summed E-state index contributed by atoms with van der Waals surface area (Å²) in [5.41, 5.74) is 2.07. The third kappa shape index (κ3) is 3.80. The Balaban J connectivity index is 2.03. The van der Waals surface area contributed by atoms with Crippen molar-refractivity contribution in [3.63, 3.8) is 0 Å². The Kier molecular flexibility index (Phi) is 5.14. The van der Waals surface area contributed by atoms with Gasteiger partial charge in [0.2, 0.25) is 0 Å². The predicted molar refractivity (Wildman–Crippen MR) is 84.2 cm³/mol. The van der Waals surface area contributed by atoms with Crippen LogP contribution >= 0.6 is 31.9 Å². The Hall–Kier alpha value is -1.40. The SMILES string of the molecule is O=[N+]([O-])c1ccc(COc2ccc(Br)c(CBr)c2)cc1. The van der Waals surface area contributed by atoms with Gasteiger partial charge in [-0.25, -0.2) is 0 Å². The van der Waals surface area contributed by atoms with Crippen molar-refractivity contribution in [1.29, 1.82) is 0 Å². The van der Waals surface area contributed by atoms with Crippen molar-refractivity contribution in [2.45, 2.75) is 11.9 Å². The number of alkyl halides is 1. The average molecular weight is 401 g/mol. The van der Waals surface area contributed by atoms with Gasteiger partial charge < -0.3 is 4.74 Å². The number of halogens is 2. The number of nitro groups is 1. The summed E-state index contributed by atoms with van der Waals surface area (Å²) in [7, 11) is 0. The number of rotatable bonds is 5. The second kappa shape index (κ2) is 6.85. The molecule has 6 heteroatoms. The third-order valence-corrected chi connectivity index (χ3v) is 4.09. The first-order valence-electron chi connectivity index (χ1n) is 5.80. The van der Waals surface area contributed by atoms with Gasteiger partial charge in [0.25, 0.3) is 5.69 Å². The van der Waals surface area contributed by atoms with Crippen LogP contribution in [0.1, 0.15) is 11.1 Å². The summed E-state index contributed by atoms with van der Waals surface area (Å²) < 4.78 is 6.70. The summed E-state index contributed by atoms with van der Waals surface area (Å²) in [5.74, 6) is 0.765. The molecule has 0 bridgehead atoms. The van der Waals surface area contributed by atoms with Gasteiger partial charge in [-0.2, -0.15) is 0 Å². The lowest BCUT2D eigenvalue weighted by Gasteiger charge is -2.08. The smallest absolute Gasteiger partial charge is 0.269 e. The molecular weight excluding hydrogens is 390 g/mol. The van der Waals surface area contributed by atoms with E-state index >= 15 is 0 Å². The van der Waals surface area contributed by atoms with Crippen molar-refractivity contribution in [2.75, 3.05) is 0 Å². The van der Waals surface area contributed by atoms with Gasteiger partial charge in [-0.15, -0.1) is 0 Å². The molecule has 0 saturated carbocycles. The molecule has 0 aliphatic carbocycles. The zero-order valence-electron chi connectivity index (χ0n) is 10.4. The summed E-state index contributed by atoms with van der Waals surface area (Å²) in [6.07, 6.45) is 0. The van der Waals surface area contributed by atoms with Crippen molar-refractivity contribution in [3.05, 3.63) is 68.2 Å². The Labute approximate surface area is 133 Å². The largest absolute Gasteiger partial charge is 0.489 e. The van der Waals surface area contributed by atoms with E-state index < -0.39 is 4.92 Å². The normalized spacial score (nSPS) is 10.3. The molecule has 0 heterocycles. The van der Waals surface area contributed by atoms with Gasteiger partial charge in [0.05, 0.1) is 4.92 Å². The number of benzene rings is 2. The van der Waals surface area contributed by atoms with Gasteiger partial charge in [-0.3, -0.25) is 10.1 Å². The van der Waals surface area contributed by atoms with Crippen LogP contribution in [-0.4, -0.2) is 4.92 Å². The average Bonchev–Trinajstić information content (AvgIpc) is 2.46. The highest BCUT2D eigenvalue weighted by molar-refractivity contribution is 9.10. The minimum atomic E-state index is -0.415. The maximum atomic E-state index is 10.6. The van der Waals surface area contributed by atoms with Crippen molar-refractivity contribution in [1.82, 2.24) is 0 Å². The van der Waals surface area contributed by atoms with Crippen LogP contribution in [0, 0.1) is 10.1 Å². The highest BCUT2D eigenvalue weighted by Crippen LogP contribution is 2.25. The van der Waals surface area contributed by atoms with E-state index in [4.69, 9.17) is 4.74 Å². The molecule has 0 spiro atoms. The van der Waals surface area contributed by atoms with E-state index in [0.717, 1.165) is 26.7 Å². The second-order valence-electron chi connectivity index (χ2n) is 4.10. The van der Waals surface area contributed by atoms with Crippen molar-refractivity contribution in [3.8, 4) is 5.75 Å². The summed E-state index contributed by atoms with van der Waals surface area (Å²) >= 11 is 6.87. The summed E-state index contributed by atoms with van der Waals surface area (Å²) in [5, 5.41) is 11.3. The first-order valence-corrected chi connectivity index (χ1v) is 7.72. The number of nitro benzene ring substituents is 1. The van der Waals surface area contributed by atoms with Crippen molar-refractivity contribution >= 4 is 37.5 Å². The van der Waals surface area contributed by atoms with Gasteiger partial charge >= 0.3 is 0 Å². The van der Waals surface area contributed by atoms with E-state index in [1.807, 2.05) is 18.2 Å².